The predicted octanol–water partition coefficient (Wildman–Crippen LogP) is 2.62. The van der Waals surface area contributed by atoms with Crippen LogP contribution < -0.4 is 16.0 Å². The summed E-state index contributed by atoms with van der Waals surface area (Å²) in [6, 6.07) is 2.82. The highest BCUT2D eigenvalue weighted by Gasteiger charge is 2.34. The standard InChI is InChI=1S/C17H16F3N5O4/c18-10-6-12(20)11(19)5-9(10)8-3-4-24(7-13(8)22-17(26)27)15-2-1-14(25(28)29)16(21)23-15/h1-2,5-6,8,13,22H,3-4,7H2,(H2,21,23)(H,26,27)/t8-,13+/m1/s1. The number of nitrogens with two attached hydrogens (primary N) is 1. The van der Waals surface area contributed by atoms with Crippen molar-refractivity contribution in [2.24, 2.45) is 0 Å². The SMILES string of the molecule is Nc1nc(N2CC[C@H](c3cc(F)c(F)cc3F)[C@@H](NC(=O)O)C2)ccc1[N+](=O)[O-]. The summed E-state index contributed by atoms with van der Waals surface area (Å²) >= 11 is 0. The Morgan fingerprint density at radius 2 is 1.97 bits per heavy atom. The monoisotopic (exact) mass is 411 g/mol. The smallest absolute Gasteiger partial charge is 0.404 e. The molecule has 0 unspecified atom stereocenters. The number of pyridine rings is 1. The number of nitrogens with one attached hydrogen (secondary N) is 1. The normalized spacial score (nSPS) is 19.1. The number of amides is 1. The van der Waals surface area contributed by atoms with E-state index in [4.69, 9.17) is 10.8 Å². The zero-order valence-corrected chi connectivity index (χ0v) is 14.8. The molecule has 3 rings (SSSR count). The number of nitrogen functional groups attached to an aromatic ring is 1. The molecular formula is C17H16F3N5O4. The summed E-state index contributed by atoms with van der Waals surface area (Å²) in [4.78, 5) is 27.0. The largest absolute Gasteiger partial charge is 0.465 e. The van der Waals surface area contributed by atoms with Gasteiger partial charge < -0.3 is 21.1 Å². The Labute approximate surface area is 162 Å². The highest BCUT2D eigenvalue weighted by atomic mass is 19.2. The van der Waals surface area contributed by atoms with E-state index in [0.29, 0.717) is 6.07 Å². The van der Waals surface area contributed by atoms with Crippen LogP contribution in [0.2, 0.25) is 0 Å². The Kier molecular flexibility index (Phi) is 5.43. The molecule has 0 spiro atoms. The molecule has 0 radical (unpaired) electrons. The van der Waals surface area contributed by atoms with E-state index in [0.717, 1.165) is 6.07 Å². The molecule has 1 fully saturated rings. The Bertz CT molecular complexity index is 974. The first-order valence-electron chi connectivity index (χ1n) is 8.47. The number of rotatable bonds is 4. The number of benzene rings is 1. The van der Waals surface area contributed by atoms with Crippen molar-refractivity contribution in [1.82, 2.24) is 10.3 Å². The number of halogens is 3. The predicted molar refractivity (Wildman–Crippen MR) is 96.1 cm³/mol. The van der Waals surface area contributed by atoms with Gasteiger partial charge in [-0.3, -0.25) is 10.1 Å². The van der Waals surface area contributed by atoms with Gasteiger partial charge in [0.25, 0.3) is 0 Å². The number of piperidine rings is 1. The third kappa shape index (κ3) is 4.15. The van der Waals surface area contributed by atoms with Crippen LogP contribution >= 0.6 is 0 Å². The maximum absolute atomic E-state index is 14.2. The minimum atomic E-state index is -1.37. The summed E-state index contributed by atoms with van der Waals surface area (Å²) in [5, 5.41) is 22.3. The molecular weight excluding hydrogens is 395 g/mol. The summed E-state index contributed by atoms with van der Waals surface area (Å²) in [5.74, 6) is -4.33. The van der Waals surface area contributed by atoms with Crippen molar-refractivity contribution >= 4 is 23.4 Å². The summed E-state index contributed by atoms with van der Waals surface area (Å²) in [5.41, 5.74) is 5.09. The van der Waals surface area contributed by atoms with Gasteiger partial charge in [-0.15, -0.1) is 0 Å². The third-order valence-corrected chi connectivity index (χ3v) is 4.77. The maximum atomic E-state index is 14.2. The molecule has 2 aromatic rings. The van der Waals surface area contributed by atoms with E-state index in [1.54, 1.807) is 4.90 Å². The second-order valence-corrected chi connectivity index (χ2v) is 6.52. The second kappa shape index (κ2) is 7.81. The molecule has 29 heavy (non-hydrogen) atoms. The van der Waals surface area contributed by atoms with Crippen molar-refractivity contribution in [1.29, 1.82) is 0 Å². The van der Waals surface area contributed by atoms with Crippen molar-refractivity contribution in [3.05, 3.63) is 57.4 Å². The average Bonchev–Trinajstić information content (AvgIpc) is 2.64. The molecule has 0 bridgehead atoms. The molecule has 154 valence electrons. The summed E-state index contributed by atoms with van der Waals surface area (Å²) in [7, 11) is 0. The molecule has 1 amide bonds. The van der Waals surface area contributed by atoms with Gasteiger partial charge in [0.1, 0.15) is 11.6 Å². The lowest BCUT2D eigenvalue weighted by molar-refractivity contribution is -0.384. The van der Waals surface area contributed by atoms with Gasteiger partial charge in [0.15, 0.2) is 11.6 Å². The van der Waals surface area contributed by atoms with Gasteiger partial charge in [0.05, 0.1) is 11.0 Å². The van der Waals surface area contributed by atoms with Crippen LogP contribution in [0.15, 0.2) is 24.3 Å². The van der Waals surface area contributed by atoms with E-state index in [9.17, 15) is 28.1 Å². The number of anilines is 2. The number of carbonyl (C=O) groups is 1. The Balaban J connectivity index is 1.90. The molecule has 12 heteroatoms. The van der Waals surface area contributed by atoms with Gasteiger partial charge in [-0.05, 0) is 24.1 Å². The molecule has 1 aromatic heterocycles. The van der Waals surface area contributed by atoms with Gasteiger partial charge in [-0.25, -0.2) is 22.9 Å². The molecule has 1 aliphatic heterocycles. The van der Waals surface area contributed by atoms with Crippen LogP contribution in [0.25, 0.3) is 0 Å². The van der Waals surface area contributed by atoms with E-state index in [1.165, 1.54) is 12.1 Å². The molecule has 4 N–H and O–H groups in total. The number of aromatic nitrogens is 1. The number of nitro groups is 1. The number of carboxylic acid groups (broad SMARTS) is 1. The lowest BCUT2D eigenvalue weighted by atomic mass is 9.84. The molecule has 0 saturated carbocycles. The van der Waals surface area contributed by atoms with Crippen LogP contribution in [0.4, 0.5) is 35.3 Å². The zero-order chi connectivity index (χ0) is 21.3. The zero-order valence-electron chi connectivity index (χ0n) is 14.8. The first-order valence-corrected chi connectivity index (χ1v) is 8.47. The van der Waals surface area contributed by atoms with Crippen molar-refractivity contribution < 1.29 is 28.0 Å². The third-order valence-electron chi connectivity index (χ3n) is 4.77. The van der Waals surface area contributed by atoms with Crippen LogP contribution in [0.5, 0.6) is 0 Å². The fraction of sp³-hybridized carbons (Fsp3) is 0.294. The summed E-state index contributed by atoms with van der Waals surface area (Å²) in [6.07, 6.45) is -1.19. The van der Waals surface area contributed by atoms with Gasteiger partial charge >= 0.3 is 11.8 Å². The number of hydrogen-bond acceptors (Lipinski definition) is 6. The maximum Gasteiger partial charge on any atom is 0.404 e. The Hall–Kier alpha value is -3.57. The fourth-order valence-corrected chi connectivity index (χ4v) is 3.45. The first kappa shape index (κ1) is 20.2. The molecule has 2 heterocycles. The lowest BCUT2D eigenvalue weighted by Crippen LogP contribution is -2.52. The van der Waals surface area contributed by atoms with Crippen LogP contribution in [0.1, 0.15) is 17.9 Å². The molecule has 1 aliphatic rings. The Morgan fingerprint density at radius 3 is 2.59 bits per heavy atom. The van der Waals surface area contributed by atoms with Gasteiger partial charge in [-0.2, -0.15) is 0 Å². The average molecular weight is 411 g/mol. The fourth-order valence-electron chi connectivity index (χ4n) is 3.45. The van der Waals surface area contributed by atoms with E-state index in [1.807, 2.05) is 0 Å². The minimum Gasteiger partial charge on any atom is -0.465 e. The first-order chi connectivity index (χ1) is 13.7. The van der Waals surface area contributed by atoms with E-state index >= 15 is 0 Å². The molecule has 0 aliphatic carbocycles. The number of hydrogen-bond donors (Lipinski definition) is 3. The summed E-state index contributed by atoms with van der Waals surface area (Å²) in [6.45, 7) is 0.269. The highest BCUT2D eigenvalue weighted by Crippen LogP contribution is 2.34. The molecule has 1 aromatic carbocycles. The van der Waals surface area contributed by atoms with Crippen LogP contribution in [-0.2, 0) is 0 Å². The van der Waals surface area contributed by atoms with E-state index in [-0.39, 0.29) is 42.4 Å². The highest BCUT2D eigenvalue weighted by molar-refractivity contribution is 5.65. The van der Waals surface area contributed by atoms with Crippen LogP contribution in [0.3, 0.4) is 0 Å². The topological polar surface area (TPSA) is 135 Å². The van der Waals surface area contributed by atoms with Crippen molar-refractivity contribution in [3.8, 4) is 0 Å². The van der Waals surface area contributed by atoms with Gasteiger partial charge in [-0.1, -0.05) is 0 Å². The summed E-state index contributed by atoms with van der Waals surface area (Å²) < 4.78 is 41.1. The van der Waals surface area contributed by atoms with Gasteiger partial charge in [0.2, 0.25) is 5.82 Å². The van der Waals surface area contributed by atoms with Crippen molar-refractivity contribution in [2.45, 2.75) is 18.4 Å². The van der Waals surface area contributed by atoms with E-state index < -0.39 is 40.4 Å². The molecule has 2 atom stereocenters. The minimum absolute atomic E-state index is 0.0135. The molecule has 9 nitrogen and oxygen atoms in total. The van der Waals surface area contributed by atoms with Gasteiger partial charge in [0, 0.05) is 31.1 Å². The van der Waals surface area contributed by atoms with Crippen LogP contribution in [-0.4, -0.2) is 40.2 Å². The van der Waals surface area contributed by atoms with Crippen molar-refractivity contribution in [3.63, 3.8) is 0 Å². The van der Waals surface area contributed by atoms with Crippen LogP contribution in [0, 0.1) is 27.6 Å². The lowest BCUT2D eigenvalue weighted by Gasteiger charge is -2.39. The quantitative estimate of drug-likeness (QED) is 0.400. The molecule has 1 saturated heterocycles. The second-order valence-electron chi connectivity index (χ2n) is 6.52. The number of nitrogens with zero attached hydrogens (tertiary/aromatic N) is 3. The van der Waals surface area contributed by atoms with Crippen molar-refractivity contribution in [2.75, 3.05) is 23.7 Å². The van der Waals surface area contributed by atoms with E-state index in [2.05, 4.69) is 10.3 Å². The Morgan fingerprint density at radius 1 is 1.28 bits per heavy atom.